The van der Waals surface area contributed by atoms with E-state index in [1.165, 1.54) is 0 Å². The number of hydrogen-bond donors (Lipinski definition) is 3. The number of piperidine rings is 3. The predicted molar refractivity (Wildman–Crippen MR) is 139 cm³/mol. The number of carbonyl (C=O) groups is 3. The molecule has 3 atom stereocenters. The average molecular weight is 498 g/mol. The fourth-order valence-corrected chi connectivity index (χ4v) is 4.62. The maximum Gasteiger partial charge on any atom is 0.310 e. The standard InChI is InChI=1S/2C9H17NO2.C9H17NO/c1-7(2)12-9(11)8-4-3-5-10-6-8;1-7(2)10-5-3-4-8(6-10)9(11)12;1-7(2)9(11)8-4-3-5-10-6-8/h7-8,10H,3-6H2,1-2H3;7-8H,3-6H2,1-2H3,(H,11,12);7-8,10H,3-6H2,1-2H3. The minimum absolute atomic E-state index is 0.0134. The number of aliphatic carboxylic acids is 1. The number of likely N-dealkylation sites (tertiary alicyclic amines) is 1. The van der Waals surface area contributed by atoms with Crippen molar-refractivity contribution in [1.82, 2.24) is 15.5 Å². The summed E-state index contributed by atoms with van der Waals surface area (Å²) in [7, 11) is 0. The third kappa shape index (κ3) is 12.8. The maximum atomic E-state index is 11.5. The van der Waals surface area contributed by atoms with Gasteiger partial charge in [0, 0.05) is 37.5 Å². The van der Waals surface area contributed by atoms with Crippen molar-refractivity contribution in [1.29, 1.82) is 0 Å². The highest BCUT2D eigenvalue weighted by Gasteiger charge is 2.26. The summed E-state index contributed by atoms with van der Waals surface area (Å²) in [5, 5.41) is 15.2. The van der Waals surface area contributed by atoms with Crippen molar-refractivity contribution in [2.45, 2.75) is 92.2 Å². The first-order chi connectivity index (χ1) is 16.5. The summed E-state index contributed by atoms with van der Waals surface area (Å²) < 4.78 is 5.11. The van der Waals surface area contributed by atoms with Crippen molar-refractivity contribution in [2.24, 2.45) is 23.7 Å². The number of esters is 1. The van der Waals surface area contributed by atoms with Crippen LogP contribution in [0.2, 0.25) is 0 Å². The van der Waals surface area contributed by atoms with E-state index in [9.17, 15) is 14.4 Å². The van der Waals surface area contributed by atoms with Crippen LogP contribution in [0.5, 0.6) is 0 Å². The Morgan fingerprint density at radius 1 is 0.829 bits per heavy atom. The summed E-state index contributed by atoms with van der Waals surface area (Å²) in [4.78, 5) is 35.7. The lowest BCUT2D eigenvalue weighted by molar-refractivity contribution is -0.153. The van der Waals surface area contributed by atoms with Crippen molar-refractivity contribution < 1.29 is 24.2 Å². The minimum atomic E-state index is -0.639. The molecule has 0 saturated carbocycles. The van der Waals surface area contributed by atoms with E-state index in [0.717, 1.165) is 77.8 Å². The first-order valence-corrected chi connectivity index (χ1v) is 13.6. The van der Waals surface area contributed by atoms with E-state index in [2.05, 4.69) is 29.4 Å². The lowest BCUT2D eigenvalue weighted by Crippen LogP contribution is -2.42. The number of rotatable bonds is 6. The van der Waals surface area contributed by atoms with Crippen LogP contribution in [0.3, 0.4) is 0 Å². The van der Waals surface area contributed by atoms with Crippen LogP contribution < -0.4 is 10.6 Å². The summed E-state index contributed by atoms with van der Waals surface area (Å²) in [5.41, 5.74) is 0. The van der Waals surface area contributed by atoms with Gasteiger partial charge in [0.1, 0.15) is 5.78 Å². The van der Waals surface area contributed by atoms with Gasteiger partial charge in [0.25, 0.3) is 0 Å². The van der Waals surface area contributed by atoms with E-state index in [0.29, 0.717) is 17.7 Å². The molecular weight excluding hydrogens is 446 g/mol. The lowest BCUT2D eigenvalue weighted by Gasteiger charge is -2.33. The highest BCUT2D eigenvalue weighted by atomic mass is 16.5. The van der Waals surface area contributed by atoms with Crippen LogP contribution in [0.4, 0.5) is 0 Å². The number of ketones is 1. The van der Waals surface area contributed by atoms with Gasteiger partial charge in [-0.05, 0) is 85.9 Å². The molecule has 0 aromatic rings. The number of nitrogens with zero attached hydrogens (tertiary/aromatic N) is 1. The minimum Gasteiger partial charge on any atom is -0.481 e. The Hall–Kier alpha value is -1.51. The molecule has 8 heteroatoms. The van der Waals surface area contributed by atoms with Gasteiger partial charge in [-0.15, -0.1) is 0 Å². The Morgan fingerprint density at radius 2 is 1.37 bits per heavy atom. The molecule has 3 N–H and O–H groups in total. The molecule has 3 aliphatic heterocycles. The van der Waals surface area contributed by atoms with Crippen molar-refractivity contribution in [2.75, 3.05) is 39.3 Å². The SMILES string of the molecule is CC(C)C(=O)C1CCCNC1.CC(C)N1CCCC(C(=O)O)C1.CC(C)OC(=O)C1CCCNC1. The zero-order valence-corrected chi connectivity index (χ0v) is 23.0. The van der Waals surface area contributed by atoms with Gasteiger partial charge in [-0.25, -0.2) is 0 Å². The van der Waals surface area contributed by atoms with E-state index in [1.54, 1.807) is 0 Å². The molecule has 3 fully saturated rings. The fourth-order valence-electron chi connectivity index (χ4n) is 4.62. The Labute approximate surface area is 212 Å². The zero-order chi connectivity index (χ0) is 26.4. The number of hydrogen-bond acceptors (Lipinski definition) is 7. The molecule has 3 heterocycles. The third-order valence-corrected chi connectivity index (χ3v) is 6.78. The number of nitrogens with one attached hydrogen (secondary N) is 2. The molecule has 0 spiro atoms. The molecule has 0 bridgehead atoms. The second-order valence-electron chi connectivity index (χ2n) is 10.9. The first-order valence-electron chi connectivity index (χ1n) is 13.6. The molecule has 8 nitrogen and oxygen atoms in total. The van der Waals surface area contributed by atoms with Crippen molar-refractivity contribution >= 4 is 17.7 Å². The van der Waals surface area contributed by atoms with Crippen molar-refractivity contribution in [3.8, 4) is 0 Å². The molecule has 3 unspecified atom stereocenters. The largest absolute Gasteiger partial charge is 0.481 e. The molecule has 0 aliphatic carbocycles. The van der Waals surface area contributed by atoms with Crippen LogP contribution in [0, 0.1) is 23.7 Å². The highest BCUT2D eigenvalue weighted by molar-refractivity contribution is 5.83. The van der Waals surface area contributed by atoms with E-state index >= 15 is 0 Å². The van der Waals surface area contributed by atoms with Gasteiger partial charge in [0.05, 0.1) is 17.9 Å². The molecule has 3 saturated heterocycles. The summed E-state index contributed by atoms with van der Waals surface area (Å²) in [6.07, 6.45) is 6.18. The average Bonchev–Trinajstić information content (AvgIpc) is 2.85. The summed E-state index contributed by atoms with van der Waals surface area (Å²) in [5.74, 6) is 0.195. The molecule has 0 aromatic heterocycles. The quantitative estimate of drug-likeness (QED) is 0.480. The Bertz CT molecular complexity index is 626. The fraction of sp³-hybridized carbons (Fsp3) is 0.889. The monoisotopic (exact) mass is 497 g/mol. The smallest absolute Gasteiger partial charge is 0.310 e. The Balaban J connectivity index is 0.000000263. The van der Waals surface area contributed by atoms with Crippen molar-refractivity contribution in [3.05, 3.63) is 0 Å². The lowest BCUT2D eigenvalue weighted by atomic mass is 9.89. The van der Waals surface area contributed by atoms with Gasteiger partial charge in [-0.3, -0.25) is 14.4 Å². The van der Waals surface area contributed by atoms with Gasteiger partial charge < -0.3 is 25.4 Å². The summed E-state index contributed by atoms with van der Waals surface area (Å²) in [6, 6.07) is 0.479. The number of carbonyl (C=O) groups excluding carboxylic acids is 2. The summed E-state index contributed by atoms with van der Waals surface area (Å²) in [6.45, 7) is 17.6. The molecule has 204 valence electrons. The number of carboxylic acid groups (broad SMARTS) is 1. The van der Waals surface area contributed by atoms with Crippen LogP contribution in [0.15, 0.2) is 0 Å². The van der Waals surface area contributed by atoms with Crippen LogP contribution in [0.25, 0.3) is 0 Å². The molecule has 0 amide bonds. The van der Waals surface area contributed by atoms with E-state index in [1.807, 2.05) is 27.7 Å². The molecule has 3 rings (SSSR count). The van der Waals surface area contributed by atoms with Crippen LogP contribution in [-0.4, -0.2) is 79.1 Å². The van der Waals surface area contributed by atoms with Crippen LogP contribution in [0.1, 0.15) is 80.1 Å². The molecule has 3 aliphatic rings. The second-order valence-corrected chi connectivity index (χ2v) is 10.9. The molecule has 0 radical (unpaired) electrons. The zero-order valence-electron chi connectivity index (χ0n) is 23.0. The third-order valence-electron chi connectivity index (χ3n) is 6.78. The second kappa shape index (κ2) is 17.0. The van der Waals surface area contributed by atoms with Crippen molar-refractivity contribution in [3.63, 3.8) is 0 Å². The topological polar surface area (TPSA) is 108 Å². The highest BCUT2D eigenvalue weighted by Crippen LogP contribution is 2.18. The normalized spacial score (nSPS) is 25.2. The van der Waals surface area contributed by atoms with Gasteiger partial charge in [-0.2, -0.15) is 0 Å². The van der Waals surface area contributed by atoms with Gasteiger partial charge in [-0.1, -0.05) is 13.8 Å². The predicted octanol–water partition coefficient (Wildman–Crippen LogP) is 3.34. The van der Waals surface area contributed by atoms with Gasteiger partial charge in [0.2, 0.25) is 0 Å². The Kier molecular flexibility index (Phi) is 15.3. The van der Waals surface area contributed by atoms with E-state index in [-0.39, 0.29) is 29.8 Å². The maximum absolute atomic E-state index is 11.5. The van der Waals surface area contributed by atoms with Crippen LogP contribution >= 0.6 is 0 Å². The van der Waals surface area contributed by atoms with Crippen LogP contribution in [-0.2, 0) is 19.1 Å². The molecule has 35 heavy (non-hydrogen) atoms. The molecule has 0 aromatic carbocycles. The number of ether oxygens (including phenoxy) is 1. The van der Waals surface area contributed by atoms with Gasteiger partial charge >= 0.3 is 11.9 Å². The Morgan fingerprint density at radius 3 is 1.80 bits per heavy atom. The summed E-state index contributed by atoms with van der Waals surface area (Å²) >= 11 is 0. The number of Topliss-reactive ketones (excluding diaryl/α,β-unsaturated/α-hetero) is 1. The number of carboxylic acids is 1. The first kappa shape index (κ1) is 31.5. The van der Waals surface area contributed by atoms with E-state index < -0.39 is 5.97 Å². The van der Waals surface area contributed by atoms with E-state index in [4.69, 9.17) is 9.84 Å². The van der Waals surface area contributed by atoms with Gasteiger partial charge in [0.15, 0.2) is 0 Å². The molecular formula is C27H51N3O5.